The summed E-state index contributed by atoms with van der Waals surface area (Å²) in [4.78, 5) is 0. The third kappa shape index (κ3) is 4.20. The fraction of sp³-hybridized carbons (Fsp3) is 0.760. The van der Waals surface area contributed by atoms with Crippen LogP contribution in [0.3, 0.4) is 0 Å². The molecule has 3 rings (SSSR count). The van der Waals surface area contributed by atoms with Crippen molar-refractivity contribution in [3.05, 3.63) is 23.3 Å². The van der Waals surface area contributed by atoms with E-state index in [0.29, 0.717) is 18.6 Å². The Balaban J connectivity index is 1.96. The van der Waals surface area contributed by atoms with E-state index in [1.54, 1.807) is 0 Å². The number of benzene rings is 1. The van der Waals surface area contributed by atoms with Crippen molar-refractivity contribution >= 4 is 0 Å². The first kappa shape index (κ1) is 18.8. The second kappa shape index (κ2) is 8.26. The van der Waals surface area contributed by atoms with Crippen LogP contribution in [0.2, 0.25) is 0 Å². The van der Waals surface area contributed by atoms with Crippen molar-refractivity contribution < 1.29 is 17.7 Å². The summed E-state index contributed by atoms with van der Waals surface area (Å²) < 4.78 is 23.5. The summed E-state index contributed by atoms with van der Waals surface area (Å²) in [6.07, 6.45) is 6.13. The summed E-state index contributed by atoms with van der Waals surface area (Å²) in [5, 5.41) is 20.9. The average Bonchev–Trinajstić information content (AvgIpc) is 2.66. The molecule has 1 aromatic rings. The summed E-state index contributed by atoms with van der Waals surface area (Å²) in [6.45, 7) is 10.4. The van der Waals surface area contributed by atoms with E-state index in [-0.39, 0.29) is 29.6 Å². The first-order valence-corrected chi connectivity index (χ1v) is 11.0. The van der Waals surface area contributed by atoms with Crippen LogP contribution in [0.15, 0.2) is 12.1 Å². The van der Waals surface area contributed by atoms with E-state index in [1.165, 1.54) is 25.7 Å². The molecule has 0 spiro atoms. The van der Waals surface area contributed by atoms with Crippen LogP contribution in [0, 0.1) is 11.8 Å². The highest BCUT2D eigenvalue weighted by atomic mass is 16.5. The summed E-state index contributed by atoms with van der Waals surface area (Å²) in [5.74, 6) is -0.303. The Morgan fingerprint density at radius 1 is 1.29 bits per heavy atom. The fourth-order valence-corrected chi connectivity index (χ4v) is 5.12. The normalized spacial score (nSPS) is 32.6. The first-order valence-electron chi connectivity index (χ1n) is 12.1. The maximum absolute atomic E-state index is 11.1. The second-order valence-electron chi connectivity index (χ2n) is 9.98. The Labute approximate surface area is 174 Å². The molecule has 1 saturated carbocycles. The van der Waals surface area contributed by atoms with Gasteiger partial charge in [-0.1, -0.05) is 46.5 Å². The van der Waals surface area contributed by atoms with Gasteiger partial charge >= 0.3 is 0 Å². The zero-order chi connectivity index (χ0) is 22.3. The summed E-state index contributed by atoms with van der Waals surface area (Å²) >= 11 is 0. The average molecular weight is 393 g/mol. The predicted octanol–water partition coefficient (Wildman–Crippen LogP) is 6.30. The highest BCUT2D eigenvalue weighted by Gasteiger charge is 2.47. The van der Waals surface area contributed by atoms with E-state index in [4.69, 9.17) is 7.48 Å². The monoisotopic (exact) mass is 392 g/mol. The van der Waals surface area contributed by atoms with Gasteiger partial charge in [0, 0.05) is 20.8 Å². The van der Waals surface area contributed by atoms with Gasteiger partial charge in [0.2, 0.25) is 0 Å². The van der Waals surface area contributed by atoms with Gasteiger partial charge in [0.05, 0.1) is 0 Å². The molecule has 2 aliphatic rings. The molecule has 4 atom stereocenters. The van der Waals surface area contributed by atoms with Crippen molar-refractivity contribution in [2.45, 2.75) is 103 Å². The molecule has 1 aromatic carbocycles. The Hall–Kier alpha value is -1.22. The molecule has 1 heterocycles. The molecular formula is C25H40O3. The number of hydrogen-bond donors (Lipinski definition) is 2. The quantitative estimate of drug-likeness (QED) is 0.535. The molecular weight excluding hydrogens is 348 g/mol. The second-order valence-corrected chi connectivity index (χ2v) is 9.98. The van der Waals surface area contributed by atoms with Gasteiger partial charge in [-0.25, -0.2) is 0 Å². The largest absolute Gasteiger partial charge is 0.508 e. The number of aliphatic hydroxyl groups is 1. The van der Waals surface area contributed by atoms with Crippen molar-refractivity contribution in [1.82, 2.24) is 0 Å². The minimum atomic E-state index is -1.20. The Bertz CT molecular complexity index is 761. The van der Waals surface area contributed by atoms with Crippen LogP contribution in [-0.4, -0.2) is 22.4 Å². The number of phenolic OH excluding ortho intramolecular Hbond substituents is 1. The molecule has 2 N–H and O–H groups in total. The van der Waals surface area contributed by atoms with Crippen LogP contribution in [0.25, 0.3) is 0 Å². The molecule has 158 valence electrons. The first-order chi connectivity index (χ1) is 13.9. The van der Waals surface area contributed by atoms with Crippen molar-refractivity contribution in [2.24, 2.45) is 11.8 Å². The van der Waals surface area contributed by atoms with Gasteiger partial charge < -0.3 is 14.9 Å². The molecule has 0 radical (unpaired) electrons. The van der Waals surface area contributed by atoms with Crippen LogP contribution >= 0.6 is 0 Å². The Morgan fingerprint density at radius 2 is 2.04 bits per heavy atom. The minimum absolute atomic E-state index is 0.0383. The highest BCUT2D eigenvalue weighted by Crippen LogP contribution is 2.56. The van der Waals surface area contributed by atoms with Gasteiger partial charge in [0.1, 0.15) is 17.1 Å². The summed E-state index contributed by atoms with van der Waals surface area (Å²) in [6, 6.07) is 3.97. The maximum Gasteiger partial charge on any atom is 0.127 e. The number of hydrogen-bond acceptors (Lipinski definition) is 3. The van der Waals surface area contributed by atoms with Gasteiger partial charge in [-0.05, 0) is 74.4 Å². The molecule has 0 amide bonds. The number of aromatic hydroxyl groups is 1. The number of rotatable bonds is 7. The van der Waals surface area contributed by atoms with Gasteiger partial charge in [0.25, 0.3) is 0 Å². The lowest BCUT2D eigenvalue weighted by molar-refractivity contribution is -0.0211. The fourth-order valence-electron chi connectivity index (χ4n) is 5.12. The molecule has 0 saturated heterocycles. The molecule has 3 nitrogen and oxygen atoms in total. The zero-order valence-corrected chi connectivity index (χ0v) is 18.3. The number of ether oxygens (including phenoxy) is 1. The third-order valence-corrected chi connectivity index (χ3v) is 7.03. The van der Waals surface area contributed by atoms with Gasteiger partial charge in [-0.3, -0.25) is 0 Å². The summed E-state index contributed by atoms with van der Waals surface area (Å²) in [5.41, 5.74) is 1.30. The van der Waals surface area contributed by atoms with Crippen LogP contribution in [-0.2, 0) is 5.41 Å². The molecule has 1 unspecified atom stereocenters. The van der Waals surface area contributed by atoms with E-state index in [0.717, 1.165) is 17.5 Å². The standard InChI is InChI=1S/C25H40O3/c1-6-7-8-9-12-24(2,3)18-14-21(27)23-19-13-17(16-26)10-11-20(19)25(4,5)28-22(23)15-18/h14-15,17,19-20,26-27H,6-13,16H2,1-5H3/t17-,19-,20-/m1/s1/i10T,17T/t10?,17-,19-,20-. The van der Waals surface area contributed by atoms with Crippen molar-refractivity contribution in [1.29, 1.82) is 0 Å². The molecule has 3 heteroatoms. The van der Waals surface area contributed by atoms with E-state index < -0.39 is 17.9 Å². The molecule has 1 aliphatic heterocycles. The molecule has 0 bridgehead atoms. The maximum atomic E-state index is 11.1. The molecule has 1 aliphatic carbocycles. The van der Waals surface area contributed by atoms with E-state index in [2.05, 4.69) is 40.7 Å². The number of aliphatic hydroxyl groups excluding tert-OH is 1. The van der Waals surface area contributed by atoms with Crippen molar-refractivity contribution in [3.63, 3.8) is 0 Å². The van der Waals surface area contributed by atoms with Crippen LogP contribution in [0.4, 0.5) is 0 Å². The lowest BCUT2D eigenvalue weighted by Gasteiger charge is -2.49. The van der Waals surface area contributed by atoms with E-state index >= 15 is 0 Å². The van der Waals surface area contributed by atoms with E-state index in [1.807, 2.05) is 6.07 Å². The van der Waals surface area contributed by atoms with Crippen molar-refractivity contribution in [3.8, 4) is 11.5 Å². The smallest absolute Gasteiger partial charge is 0.127 e. The van der Waals surface area contributed by atoms with Crippen LogP contribution in [0.1, 0.15) is 106 Å². The third-order valence-electron chi connectivity index (χ3n) is 7.03. The SMILES string of the molecule is [3H]C1C[C@@H]2[C@@H](C[C@]1([3H])CO)c1c(O)cc(C(C)(C)CCCCCC)cc1OC2(C)C. The zero-order valence-electron chi connectivity index (χ0n) is 20.3. The van der Waals surface area contributed by atoms with Crippen LogP contribution < -0.4 is 4.74 Å². The predicted molar refractivity (Wildman–Crippen MR) is 115 cm³/mol. The molecule has 0 aromatic heterocycles. The Morgan fingerprint density at radius 3 is 2.71 bits per heavy atom. The highest BCUT2D eigenvalue weighted by molar-refractivity contribution is 5.53. The number of unbranched alkanes of at least 4 members (excludes halogenated alkanes) is 3. The van der Waals surface area contributed by atoms with Gasteiger partial charge in [0.15, 0.2) is 0 Å². The lowest BCUT2D eigenvalue weighted by Crippen LogP contribution is -2.47. The topological polar surface area (TPSA) is 49.7 Å². The van der Waals surface area contributed by atoms with Gasteiger partial charge in [-0.15, -0.1) is 0 Å². The van der Waals surface area contributed by atoms with Crippen molar-refractivity contribution in [2.75, 3.05) is 6.61 Å². The number of phenols is 1. The molecule has 28 heavy (non-hydrogen) atoms. The Kier molecular flexibility index (Phi) is 5.54. The minimum Gasteiger partial charge on any atom is -0.508 e. The van der Waals surface area contributed by atoms with Gasteiger partial charge in [-0.2, -0.15) is 0 Å². The van der Waals surface area contributed by atoms with E-state index in [9.17, 15) is 10.2 Å². The van der Waals surface area contributed by atoms with Crippen LogP contribution in [0.5, 0.6) is 11.5 Å². The summed E-state index contributed by atoms with van der Waals surface area (Å²) in [7, 11) is 0. The number of fused-ring (bicyclic) bond motifs is 3. The lowest BCUT2D eigenvalue weighted by atomic mass is 9.63. The molecule has 1 fully saturated rings.